The van der Waals surface area contributed by atoms with Crippen LogP contribution < -0.4 is 19.9 Å². The lowest BCUT2D eigenvalue weighted by atomic mass is 10.1. The van der Waals surface area contributed by atoms with Gasteiger partial charge in [-0.1, -0.05) is 0 Å². The van der Waals surface area contributed by atoms with E-state index >= 15 is 0 Å². The van der Waals surface area contributed by atoms with Crippen LogP contribution in [0.3, 0.4) is 0 Å². The summed E-state index contributed by atoms with van der Waals surface area (Å²) in [5.74, 6) is -1.09. The van der Waals surface area contributed by atoms with Crippen molar-refractivity contribution in [1.82, 2.24) is 19.7 Å². The first-order valence-electron chi connectivity index (χ1n) is 9.23. The van der Waals surface area contributed by atoms with Gasteiger partial charge in [-0.05, 0) is 26.0 Å². The largest absolute Gasteiger partial charge is 0.543 e. The van der Waals surface area contributed by atoms with Crippen molar-refractivity contribution in [3.63, 3.8) is 0 Å². The predicted molar refractivity (Wildman–Crippen MR) is 106 cm³/mol. The van der Waals surface area contributed by atoms with Gasteiger partial charge in [0.2, 0.25) is 5.88 Å². The van der Waals surface area contributed by atoms with Crippen molar-refractivity contribution in [1.29, 1.82) is 0 Å². The number of carboxylic acid groups (broad SMARTS) is 1. The van der Waals surface area contributed by atoms with Crippen LogP contribution in [0, 0.1) is 0 Å². The summed E-state index contributed by atoms with van der Waals surface area (Å²) in [6.45, 7) is 3.25. The third-order valence-corrected chi connectivity index (χ3v) is 4.16. The molecule has 0 aliphatic carbocycles. The molecule has 2 aromatic heterocycles. The number of anilines is 1. The molecule has 0 spiro atoms. The van der Waals surface area contributed by atoms with Gasteiger partial charge in [-0.25, -0.2) is 9.97 Å². The zero-order chi connectivity index (χ0) is 22.5. The fourth-order valence-corrected chi connectivity index (χ4v) is 2.41. The minimum absolute atomic E-state index is 0.00167. The average molecular weight is 426 g/mol. The van der Waals surface area contributed by atoms with E-state index in [1.807, 2.05) is 0 Å². The van der Waals surface area contributed by atoms with Crippen molar-refractivity contribution in [2.75, 3.05) is 5.32 Å². The van der Waals surface area contributed by atoms with Crippen LogP contribution in [-0.4, -0.2) is 48.9 Å². The first kappa shape index (κ1) is 21.7. The van der Waals surface area contributed by atoms with E-state index in [2.05, 4.69) is 20.4 Å². The predicted octanol–water partition coefficient (Wildman–Crippen LogP) is 0.766. The van der Waals surface area contributed by atoms with E-state index in [0.717, 1.165) is 12.4 Å². The van der Waals surface area contributed by atoms with Crippen molar-refractivity contribution in [3.05, 3.63) is 54.1 Å². The van der Waals surface area contributed by atoms with E-state index in [1.54, 1.807) is 37.8 Å². The number of ether oxygens (including phenoxy) is 2. The van der Waals surface area contributed by atoms with E-state index in [-0.39, 0.29) is 28.6 Å². The Kier molecular flexibility index (Phi) is 6.46. The Morgan fingerprint density at radius 3 is 2.48 bits per heavy atom. The lowest BCUT2D eigenvalue weighted by molar-refractivity contribution is -0.255. The lowest BCUT2D eigenvalue weighted by Crippen LogP contribution is -2.25. The summed E-state index contributed by atoms with van der Waals surface area (Å²) in [6, 6.07) is 6.09. The quantitative estimate of drug-likeness (QED) is 0.532. The molecule has 31 heavy (non-hydrogen) atoms. The first-order valence-corrected chi connectivity index (χ1v) is 9.23. The van der Waals surface area contributed by atoms with Gasteiger partial charge in [-0.3, -0.25) is 9.48 Å². The van der Waals surface area contributed by atoms with Crippen LogP contribution >= 0.6 is 0 Å². The van der Waals surface area contributed by atoms with Crippen LogP contribution in [0.4, 0.5) is 5.82 Å². The maximum atomic E-state index is 12.7. The Hall–Kier alpha value is -3.99. The van der Waals surface area contributed by atoms with Crippen molar-refractivity contribution >= 4 is 17.7 Å². The molecule has 11 nitrogen and oxygen atoms in total. The second-order valence-electron chi connectivity index (χ2n) is 6.71. The van der Waals surface area contributed by atoms with Crippen LogP contribution in [0.1, 0.15) is 34.7 Å². The van der Waals surface area contributed by atoms with E-state index < -0.39 is 24.1 Å². The Morgan fingerprint density at radius 2 is 1.90 bits per heavy atom. The van der Waals surface area contributed by atoms with Gasteiger partial charge >= 0.3 is 0 Å². The summed E-state index contributed by atoms with van der Waals surface area (Å²) in [7, 11) is 1.72. The molecule has 0 saturated heterocycles. The molecule has 0 aliphatic heterocycles. The average Bonchev–Trinajstić information content (AvgIpc) is 3.12. The highest BCUT2D eigenvalue weighted by Gasteiger charge is 2.16. The zero-order valence-corrected chi connectivity index (χ0v) is 17.0. The normalized spacial score (nSPS) is 12.6. The van der Waals surface area contributed by atoms with Crippen LogP contribution in [0.5, 0.6) is 17.4 Å². The number of aromatic nitrogens is 4. The van der Waals surface area contributed by atoms with Crippen LogP contribution in [0.25, 0.3) is 0 Å². The topological polar surface area (TPSA) is 152 Å². The number of carbonyl (C=O) groups excluding carboxylic acids is 2. The number of nitrogens with zero attached hydrogens (tertiary/aromatic N) is 4. The number of nitrogens with one attached hydrogen (secondary N) is 1. The number of carbonyl (C=O) groups is 2. The monoisotopic (exact) mass is 426 g/mol. The summed E-state index contributed by atoms with van der Waals surface area (Å²) < 4.78 is 12.9. The molecule has 162 valence electrons. The second kappa shape index (κ2) is 9.22. The molecule has 0 unspecified atom stereocenters. The van der Waals surface area contributed by atoms with Crippen LogP contribution in [0.2, 0.25) is 0 Å². The van der Waals surface area contributed by atoms with E-state index in [4.69, 9.17) is 9.47 Å². The Morgan fingerprint density at radius 1 is 1.16 bits per heavy atom. The maximum absolute atomic E-state index is 12.7. The maximum Gasteiger partial charge on any atom is 0.257 e. The van der Waals surface area contributed by atoms with Gasteiger partial charge in [0.25, 0.3) is 5.91 Å². The molecule has 0 fully saturated rings. The molecule has 0 bridgehead atoms. The number of rotatable bonds is 8. The van der Waals surface area contributed by atoms with Gasteiger partial charge < -0.3 is 29.8 Å². The van der Waals surface area contributed by atoms with Crippen molar-refractivity contribution < 1.29 is 29.3 Å². The zero-order valence-electron chi connectivity index (χ0n) is 17.0. The smallest absolute Gasteiger partial charge is 0.257 e. The molecule has 3 rings (SSSR count). The number of hydrogen-bond acceptors (Lipinski definition) is 9. The molecule has 0 radical (unpaired) electrons. The number of aliphatic hydroxyl groups is 1. The van der Waals surface area contributed by atoms with Gasteiger partial charge in [0, 0.05) is 30.9 Å². The molecule has 0 aliphatic rings. The number of amides is 1. The minimum Gasteiger partial charge on any atom is -0.543 e. The third-order valence-electron chi connectivity index (χ3n) is 4.16. The Bertz CT molecular complexity index is 1080. The molecule has 2 heterocycles. The molecule has 2 N–H and O–H groups in total. The molecular weight excluding hydrogens is 406 g/mol. The third kappa shape index (κ3) is 5.76. The number of aryl methyl sites for hydroxylation is 1. The Labute approximate surface area is 177 Å². The molecule has 0 saturated carbocycles. The molecule has 1 amide bonds. The summed E-state index contributed by atoms with van der Waals surface area (Å²) in [6.07, 6.45) is 2.49. The number of aromatic carboxylic acids is 1. The molecule has 11 heteroatoms. The van der Waals surface area contributed by atoms with E-state index in [0.29, 0.717) is 5.82 Å². The minimum atomic E-state index is -1.46. The standard InChI is InChI=1S/C20H21N5O6/c1-11(26)12(2)30-14-6-13(19(27)23-17-4-5-25(3)24-17)7-15(8-14)31-18-10-21-16(9-22-18)20(28)29/h4-12,26H,1-3H3,(H,28,29)(H,23,24,27)/p-1/t11-,12-/m1/s1. The van der Waals surface area contributed by atoms with Gasteiger partial charge in [-0.15, -0.1) is 0 Å². The highest BCUT2D eigenvalue weighted by atomic mass is 16.5. The van der Waals surface area contributed by atoms with Crippen LogP contribution in [-0.2, 0) is 7.05 Å². The van der Waals surface area contributed by atoms with Crippen LogP contribution in [0.15, 0.2) is 42.9 Å². The van der Waals surface area contributed by atoms with E-state index in [9.17, 15) is 19.8 Å². The SMILES string of the molecule is C[C@@H](O)[C@@H](C)Oc1cc(Oc2cnc(C(=O)[O-])cn2)cc(C(=O)Nc2ccn(C)n2)c1. The van der Waals surface area contributed by atoms with Crippen molar-refractivity contribution in [2.45, 2.75) is 26.1 Å². The van der Waals surface area contributed by atoms with Gasteiger partial charge in [0.1, 0.15) is 23.3 Å². The number of aliphatic hydroxyl groups excluding tert-OH is 1. The Balaban J connectivity index is 1.88. The number of benzene rings is 1. The van der Waals surface area contributed by atoms with Crippen molar-refractivity contribution in [3.8, 4) is 17.4 Å². The van der Waals surface area contributed by atoms with Gasteiger partial charge in [0.15, 0.2) is 5.82 Å². The fraction of sp³-hybridized carbons (Fsp3) is 0.250. The lowest BCUT2D eigenvalue weighted by Gasteiger charge is -2.18. The summed E-state index contributed by atoms with van der Waals surface area (Å²) in [5, 5.41) is 27.3. The van der Waals surface area contributed by atoms with Gasteiger partial charge in [0.05, 0.1) is 24.5 Å². The molecular formula is C20H20N5O6-. The summed E-state index contributed by atoms with van der Waals surface area (Å²) >= 11 is 0. The highest BCUT2D eigenvalue weighted by Crippen LogP contribution is 2.28. The number of hydrogen-bond donors (Lipinski definition) is 2. The first-order chi connectivity index (χ1) is 14.7. The van der Waals surface area contributed by atoms with E-state index in [1.165, 1.54) is 18.2 Å². The number of carboxylic acids is 1. The highest BCUT2D eigenvalue weighted by molar-refractivity contribution is 6.04. The van der Waals surface area contributed by atoms with Crippen molar-refractivity contribution in [2.24, 2.45) is 7.05 Å². The molecule has 1 aromatic carbocycles. The molecule has 3 aromatic rings. The second-order valence-corrected chi connectivity index (χ2v) is 6.71. The summed E-state index contributed by atoms with van der Waals surface area (Å²) in [5.41, 5.74) is -0.138. The fourth-order valence-electron chi connectivity index (χ4n) is 2.41. The van der Waals surface area contributed by atoms with Gasteiger partial charge in [-0.2, -0.15) is 5.10 Å². The molecule has 2 atom stereocenters. The summed E-state index contributed by atoms with van der Waals surface area (Å²) in [4.78, 5) is 31.0.